The Morgan fingerprint density at radius 3 is 2.65 bits per heavy atom. The van der Waals surface area contributed by atoms with Gasteiger partial charge in [0.25, 0.3) is 0 Å². The van der Waals surface area contributed by atoms with Crippen LogP contribution in [-0.2, 0) is 6.61 Å². The number of pyridine rings is 1. The van der Waals surface area contributed by atoms with E-state index in [1.807, 2.05) is 30.3 Å². The first-order valence-electron chi connectivity index (χ1n) is 6.07. The van der Waals surface area contributed by atoms with Gasteiger partial charge in [-0.05, 0) is 23.8 Å². The van der Waals surface area contributed by atoms with Crippen molar-refractivity contribution in [1.82, 2.24) is 4.98 Å². The van der Waals surface area contributed by atoms with Crippen molar-refractivity contribution < 1.29 is 9.47 Å². The second kappa shape index (κ2) is 7.42. The van der Waals surface area contributed by atoms with Gasteiger partial charge in [0.1, 0.15) is 18.1 Å². The Labute approximate surface area is 123 Å². The number of rotatable bonds is 4. The highest BCUT2D eigenvalue weighted by Crippen LogP contribution is 2.15. The Balaban J connectivity index is 1.99. The summed E-state index contributed by atoms with van der Waals surface area (Å²) in [5.74, 6) is 7.50. The van der Waals surface area contributed by atoms with Gasteiger partial charge in [0, 0.05) is 11.8 Å². The van der Waals surface area contributed by atoms with Gasteiger partial charge < -0.3 is 9.47 Å². The molecule has 1 aromatic heterocycles. The third-order valence-electron chi connectivity index (χ3n) is 2.58. The van der Waals surface area contributed by atoms with Gasteiger partial charge in [0.15, 0.2) is 0 Å². The van der Waals surface area contributed by atoms with E-state index in [2.05, 4.69) is 16.8 Å². The fourth-order valence-corrected chi connectivity index (χ4v) is 1.66. The lowest BCUT2D eigenvalue weighted by molar-refractivity contribution is 0.304. The van der Waals surface area contributed by atoms with E-state index in [0.29, 0.717) is 18.2 Å². The largest absolute Gasteiger partial charge is 0.497 e. The Morgan fingerprint density at radius 2 is 1.95 bits per heavy atom. The zero-order chi connectivity index (χ0) is 14.2. The van der Waals surface area contributed by atoms with E-state index < -0.39 is 0 Å². The molecule has 0 unspecified atom stereocenters. The van der Waals surface area contributed by atoms with Gasteiger partial charge in [-0.2, -0.15) is 0 Å². The van der Waals surface area contributed by atoms with E-state index in [4.69, 9.17) is 21.1 Å². The number of ether oxygens (including phenoxy) is 2. The molecule has 4 heteroatoms. The third kappa shape index (κ3) is 4.18. The molecule has 0 aliphatic carbocycles. The fraction of sp³-hybridized carbons (Fsp3) is 0.188. The lowest BCUT2D eigenvalue weighted by Gasteiger charge is -2.07. The molecule has 0 saturated carbocycles. The molecular weight excluding hydrogens is 274 g/mol. The standard InChI is InChI=1S/C16H14ClNO2/c1-19-15-6-4-13(5-7-15)12-20-16-9-14(3-2-8-17)10-18-11-16/h4-7,9-11H,8,12H2,1H3. The predicted molar refractivity (Wildman–Crippen MR) is 79.2 cm³/mol. The second-order valence-corrected chi connectivity index (χ2v) is 4.25. The van der Waals surface area contributed by atoms with Crippen LogP contribution in [0.1, 0.15) is 11.1 Å². The summed E-state index contributed by atoms with van der Waals surface area (Å²) in [6, 6.07) is 9.57. The molecule has 1 heterocycles. The number of halogens is 1. The molecule has 0 atom stereocenters. The van der Waals surface area contributed by atoms with Crippen LogP contribution >= 0.6 is 11.6 Å². The molecule has 0 saturated heterocycles. The quantitative estimate of drug-likeness (QED) is 0.639. The summed E-state index contributed by atoms with van der Waals surface area (Å²) in [5.41, 5.74) is 1.85. The number of aromatic nitrogens is 1. The van der Waals surface area contributed by atoms with Crippen LogP contribution in [0.15, 0.2) is 42.7 Å². The molecule has 0 N–H and O–H groups in total. The molecule has 3 nitrogen and oxygen atoms in total. The van der Waals surface area contributed by atoms with Crippen molar-refractivity contribution in [3.63, 3.8) is 0 Å². The maximum atomic E-state index is 5.68. The van der Waals surface area contributed by atoms with Crippen LogP contribution in [0.2, 0.25) is 0 Å². The lowest BCUT2D eigenvalue weighted by atomic mass is 10.2. The van der Waals surface area contributed by atoms with E-state index in [9.17, 15) is 0 Å². The van der Waals surface area contributed by atoms with Gasteiger partial charge in [0.05, 0.1) is 19.2 Å². The number of benzene rings is 1. The van der Waals surface area contributed by atoms with Crippen LogP contribution < -0.4 is 9.47 Å². The fourth-order valence-electron chi connectivity index (χ4n) is 1.59. The smallest absolute Gasteiger partial charge is 0.139 e. The van der Waals surface area contributed by atoms with E-state index in [1.54, 1.807) is 19.5 Å². The number of hydrogen-bond acceptors (Lipinski definition) is 3. The normalized spacial score (nSPS) is 9.50. The van der Waals surface area contributed by atoms with Gasteiger partial charge in [-0.3, -0.25) is 4.98 Å². The summed E-state index contributed by atoms with van der Waals surface area (Å²) in [7, 11) is 1.64. The molecule has 102 valence electrons. The molecule has 0 amide bonds. The van der Waals surface area contributed by atoms with Crippen LogP contribution in [-0.4, -0.2) is 18.0 Å². The van der Waals surface area contributed by atoms with E-state index in [-0.39, 0.29) is 0 Å². The maximum absolute atomic E-state index is 5.68. The number of nitrogens with zero attached hydrogens (tertiary/aromatic N) is 1. The summed E-state index contributed by atoms with van der Waals surface area (Å²) in [6.45, 7) is 0.470. The van der Waals surface area contributed by atoms with Gasteiger partial charge in [0.2, 0.25) is 0 Å². The summed E-state index contributed by atoms with van der Waals surface area (Å²) in [5, 5.41) is 0. The zero-order valence-corrected chi connectivity index (χ0v) is 11.9. The van der Waals surface area contributed by atoms with Crippen LogP contribution in [0.3, 0.4) is 0 Å². The van der Waals surface area contributed by atoms with Crippen LogP contribution in [0, 0.1) is 11.8 Å². The average molecular weight is 288 g/mol. The minimum absolute atomic E-state index is 0.303. The molecule has 2 aromatic rings. The molecule has 0 aliphatic rings. The Kier molecular flexibility index (Phi) is 5.28. The van der Waals surface area contributed by atoms with E-state index in [1.165, 1.54) is 0 Å². The molecule has 0 bridgehead atoms. The summed E-state index contributed by atoms with van der Waals surface area (Å²) in [4.78, 5) is 4.09. The third-order valence-corrected chi connectivity index (χ3v) is 2.71. The first-order chi connectivity index (χ1) is 9.81. The summed E-state index contributed by atoms with van der Waals surface area (Å²) >= 11 is 5.52. The maximum Gasteiger partial charge on any atom is 0.139 e. The monoisotopic (exact) mass is 287 g/mol. The van der Waals surface area contributed by atoms with Crippen LogP contribution in [0.25, 0.3) is 0 Å². The Hall–Kier alpha value is -2.18. The van der Waals surface area contributed by atoms with Gasteiger partial charge in [-0.1, -0.05) is 24.0 Å². The van der Waals surface area contributed by atoms with Crippen molar-refractivity contribution in [3.05, 3.63) is 53.9 Å². The van der Waals surface area contributed by atoms with Crippen molar-refractivity contribution in [2.24, 2.45) is 0 Å². The SMILES string of the molecule is COc1ccc(COc2cncc(C#CCCl)c2)cc1. The highest BCUT2D eigenvalue weighted by Gasteiger charge is 1.98. The van der Waals surface area contributed by atoms with Gasteiger partial charge in [-0.15, -0.1) is 11.6 Å². The lowest BCUT2D eigenvalue weighted by Crippen LogP contribution is -1.96. The number of alkyl halides is 1. The van der Waals surface area contributed by atoms with Crippen molar-refractivity contribution >= 4 is 11.6 Å². The average Bonchev–Trinajstić information content (AvgIpc) is 2.52. The predicted octanol–water partition coefficient (Wildman–Crippen LogP) is 3.26. The van der Waals surface area contributed by atoms with Crippen molar-refractivity contribution in [1.29, 1.82) is 0 Å². The first-order valence-corrected chi connectivity index (χ1v) is 6.61. The van der Waals surface area contributed by atoms with Crippen molar-refractivity contribution in [2.75, 3.05) is 13.0 Å². The van der Waals surface area contributed by atoms with Crippen LogP contribution in [0.4, 0.5) is 0 Å². The molecule has 0 radical (unpaired) electrons. The minimum Gasteiger partial charge on any atom is -0.497 e. The number of hydrogen-bond donors (Lipinski definition) is 0. The van der Waals surface area contributed by atoms with Crippen LogP contribution in [0.5, 0.6) is 11.5 Å². The number of methoxy groups -OCH3 is 1. The second-order valence-electron chi connectivity index (χ2n) is 3.98. The summed E-state index contributed by atoms with van der Waals surface area (Å²) in [6.07, 6.45) is 3.34. The van der Waals surface area contributed by atoms with Crippen molar-refractivity contribution in [2.45, 2.75) is 6.61 Å². The molecule has 20 heavy (non-hydrogen) atoms. The summed E-state index contributed by atoms with van der Waals surface area (Å²) < 4.78 is 10.8. The zero-order valence-electron chi connectivity index (χ0n) is 11.1. The molecule has 2 rings (SSSR count). The highest BCUT2D eigenvalue weighted by molar-refractivity contribution is 6.19. The first kappa shape index (κ1) is 14.2. The Morgan fingerprint density at radius 1 is 1.15 bits per heavy atom. The van der Waals surface area contributed by atoms with Gasteiger partial charge >= 0.3 is 0 Å². The topological polar surface area (TPSA) is 31.4 Å². The molecule has 0 spiro atoms. The molecular formula is C16H14ClNO2. The van der Waals surface area contributed by atoms with Crippen molar-refractivity contribution in [3.8, 4) is 23.3 Å². The van der Waals surface area contributed by atoms with E-state index >= 15 is 0 Å². The molecule has 0 aliphatic heterocycles. The molecule has 1 aromatic carbocycles. The molecule has 0 fully saturated rings. The van der Waals surface area contributed by atoms with E-state index in [0.717, 1.165) is 16.9 Å². The Bertz CT molecular complexity index is 614. The minimum atomic E-state index is 0.303. The van der Waals surface area contributed by atoms with Gasteiger partial charge in [-0.25, -0.2) is 0 Å². The highest BCUT2D eigenvalue weighted by atomic mass is 35.5.